The zero-order chi connectivity index (χ0) is 22.1. The minimum Gasteiger partial charge on any atom is -0.342 e. The van der Waals surface area contributed by atoms with Crippen LogP contribution in [0, 0.1) is 21.4 Å². The topological polar surface area (TPSA) is 101 Å². The molecule has 0 aliphatic carbocycles. The lowest BCUT2D eigenvalue weighted by atomic mass is 10.1. The molecule has 0 fully saturated rings. The highest BCUT2D eigenvalue weighted by Crippen LogP contribution is 2.27. The van der Waals surface area contributed by atoms with Crippen LogP contribution in [-0.4, -0.2) is 19.5 Å². The third-order valence-electron chi connectivity index (χ3n) is 5.38. The maximum atomic E-state index is 10.9. The molecule has 7 nitrogen and oxygen atoms in total. The molecular formula is C25H17N5O2. The lowest BCUT2D eigenvalue weighted by Crippen LogP contribution is -1.98. The van der Waals surface area contributed by atoms with Crippen molar-refractivity contribution in [2.24, 2.45) is 0 Å². The van der Waals surface area contributed by atoms with Gasteiger partial charge in [-0.1, -0.05) is 42.5 Å². The Labute approximate surface area is 183 Å². The van der Waals surface area contributed by atoms with E-state index in [2.05, 4.69) is 20.6 Å². The van der Waals surface area contributed by atoms with E-state index < -0.39 is 4.92 Å². The van der Waals surface area contributed by atoms with Crippen LogP contribution in [0.1, 0.15) is 17.0 Å². The molecule has 2 aromatic heterocycles. The van der Waals surface area contributed by atoms with Crippen LogP contribution in [0.5, 0.6) is 0 Å². The van der Waals surface area contributed by atoms with E-state index in [4.69, 9.17) is 0 Å². The number of benzene rings is 3. The molecule has 0 amide bonds. The lowest BCUT2D eigenvalue weighted by molar-refractivity contribution is -0.384. The number of rotatable bonds is 5. The zero-order valence-corrected chi connectivity index (χ0v) is 16.9. The Kier molecular flexibility index (Phi) is 4.73. The molecule has 5 aromatic rings. The molecule has 0 spiro atoms. The Hall–Kier alpha value is -4.70. The number of fused-ring (bicyclic) bond motifs is 2. The second-order valence-corrected chi connectivity index (χ2v) is 7.43. The van der Waals surface area contributed by atoms with E-state index in [1.807, 2.05) is 60.8 Å². The number of para-hydroxylation sites is 3. The minimum absolute atomic E-state index is 0.0687. The first kappa shape index (κ1) is 19.3. The molecule has 154 valence electrons. The number of non-ortho nitro benzene ring substituents is 1. The van der Waals surface area contributed by atoms with Gasteiger partial charge in [-0.3, -0.25) is 10.1 Å². The summed E-state index contributed by atoms with van der Waals surface area (Å²) in [5.74, 6) is 0.529. The number of aromatic amines is 1. The molecule has 0 aliphatic rings. The monoisotopic (exact) mass is 419 g/mol. The molecule has 0 radical (unpaired) electrons. The summed E-state index contributed by atoms with van der Waals surface area (Å²) < 4.78 is 2.08. The molecule has 0 bridgehead atoms. The van der Waals surface area contributed by atoms with Gasteiger partial charge < -0.3 is 9.55 Å². The van der Waals surface area contributed by atoms with Gasteiger partial charge in [-0.05, 0) is 29.8 Å². The average Bonchev–Trinajstić information content (AvgIpc) is 3.39. The molecule has 5 rings (SSSR count). The maximum Gasteiger partial charge on any atom is 0.269 e. The molecule has 7 heteroatoms. The van der Waals surface area contributed by atoms with E-state index >= 15 is 0 Å². The van der Waals surface area contributed by atoms with Crippen molar-refractivity contribution in [1.82, 2.24) is 14.5 Å². The SMILES string of the molecule is N#C/C(=C/c1cn(Cc2ccc([N+](=O)[O-])cc2)c2ccccc12)c1nc2ccccc2[nH]1. The molecule has 3 aromatic carbocycles. The Bertz CT molecular complexity index is 1500. The number of imidazole rings is 1. The summed E-state index contributed by atoms with van der Waals surface area (Å²) in [7, 11) is 0. The summed E-state index contributed by atoms with van der Waals surface area (Å²) >= 11 is 0. The summed E-state index contributed by atoms with van der Waals surface area (Å²) in [6.07, 6.45) is 3.83. The first-order chi connectivity index (χ1) is 15.6. The van der Waals surface area contributed by atoms with E-state index in [1.54, 1.807) is 12.1 Å². The molecule has 0 saturated heterocycles. The van der Waals surface area contributed by atoms with Crippen molar-refractivity contribution in [2.75, 3.05) is 0 Å². The van der Waals surface area contributed by atoms with Gasteiger partial charge in [0.05, 0.1) is 21.5 Å². The van der Waals surface area contributed by atoms with Gasteiger partial charge >= 0.3 is 0 Å². The van der Waals surface area contributed by atoms with Gasteiger partial charge in [0.1, 0.15) is 11.9 Å². The first-order valence-corrected chi connectivity index (χ1v) is 10.0. The minimum atomic E-state index is -0.404. The van der Waals surface area contributed by atoms with Gasteiger partial charge in [0.15, 0.2) is 0 Å². The second-order valence-electron chi connectivity index (χ2n) is 7.43. The molecule has 0 atom stereocenters. The van der Waals surface area contributed by atoms with Crippen LogP contribution >= 0.6 is 0 Å². The molecule has 0 saturated carbocycles. The molecule has 0 aliphatic heterocycles. The van der Waals surface area contributed by atoms with Crippen LogP contribution in [0.4, 0.5) is 5.69 Å². The number of nitriles is 1. The third kappa shape index (κ3) is 3.50. The summed E-state index contributed by atoms with van der Waals surface area (Å²) in [5, 5.41) is 21.7. The van der Waals surface area contributed by atoms with Crippen molar-refractivity contribution in [2.45, 2.75) is 6.54 Å². The van der Waals surface area contributed by atoms with E-state index in [9.17, 15) is 15.4 Å². The number of nitrogens with zero attached hydrogens (tertiary/aromatic N) is 4. The molecule has 2 heterocycles. The van der Waals surface area contributed by atoms with Crippen LogP contribution in [-0.2, 0) is 6.54 Å². The van der Waals surface area contributed by atoms with Gasteiger partial charge in [0.25, 0.3) is 5.69 Å². The Morgan fingerprint density at radius 3 is 2.59 bits per heavy atom. The molecule has 0 unspecified atom stereocenters. The Balaban J connectivity index is 1.55. The van der Waals surface area contributed by atoms with E-state index in [0.717, 1.165) is 33.1 Å². The number of H-pyrrole nitrogens is 1. The van der Waals surface area contributed by atoms with E-state index in [0.29, 0.717) is 17.9 Å². The fourth-order valence-electron chi connectivity index (χ4n) is 3.83. The van der Waals surface area contributed by atoms with Gasteiger partial charge in [-0.25, -0.2) is 4.98 Å². The van der Waals surface area contributed by atoms with E-state index in [1.165, 1.54) is 12.1 Å². The number of hydrogen-bond acceptors (Lipinski definition) is 4. The number of aromatic nitrogens is 3. The quantitative estimate of drug-likeness (QED) is 0.230. The molecule has 1 N–H and O–H groups in total. The number of hydrogen-bond donors (Lipinski definition) is 1. The lowest BCUT2D eigenvalue weighted by Gasteiger charge is -2.05. The summed E-state index contributed by atoms with van der Waals surface area (Å²) in [5.41, 5.74) is 5.07. The fourth-order valence-corrected chi connectivity index (χ4v) is 3.83. The van der Waals surface area contributed by atoms with Crippen molar-refractivity contribution in [3.05, 3.63) is 106 Å². The Morgan fingerprint density at radius 2 is 1.84 bits per heavy atom. The predicted molar refractivity (Wildman–Crippen MR) is 124 cm³/mol. The van der Waals surface area contributed by atoms with Crippen LogP contribution in [0.2, 0.25) is 0 Å². The number of nitrogens with one attached hydrogen (secondary N) is 1. The van der Waals surface area contributed by atoms with Crippen LogP contribution in [0.15, 0.2) is 79.0 Å². The Morgan fingerprint density at radius 1 is 1.09 bits per heavy atom. The highest BCUT2D eigenvalue weighted by Gasteiger charge is 2.12. The summed E-state index contributed by atoms with van der Waals surface area (Å²) in [4.78, 5) is 18.3. The molecular weight excluding hydrogens is 402 g/mol. The fraction of sp³-hybridized carbons (Fsp3) is 0.0400. The maximum absolute atomic E-state index is 10.9. The predicted octanol–water partition coefficient (Wildman–Crippen LogP) is 5.54. The van der Waals surface area contributed by atoms with Crippen molar-refractivity contribution >= 4 is 39.3 Å². The zero-order valence-electron chi connectivity index (χ0n) is 16.9. The van der Waals surface area contributed by atoms with Crippen LogP contribution < -0.4 is 0 Å². The van der Waals surface area contributed by atoms with Gasteiger partial charge in [0.2, 0.25) is 0 Å². The van der Waals surface area contributed by atoms with Gasteiger partial charge in [-0.2, -0.15) is 5.26 Å². The van der Waals surface area contributed by atoms with Crippen molar-refractivity contribution in [1.29, 1.82) is 5.26 Å². The molecule has 32 heavy (non-hydrogen) atoms. The van der Waals surface area contributed by atoms with Gasteiger partial charge in [0, 0.05) is 41.3 Å². The highest BCUT2D eigenvalue weighted by atomic mass is 16.6. The van der Waals surface area contributed by atoms with Crippen molar-refractivity contribution in [3.8, 4) is 6.07 Å². The standard InChI is InChI=1S/C25H17N5O2/c26-14-18(25-27-22-6-2-3-7-23(22)28-25)13-19-16-29(24-8-4-1-5-21(19)24)15-17-9-11-20(12-10-17)30(31)32/h1-13,16H,15H2,(H,27,28)/b18-13-. The first-order valence-electron chi connectivity index (χ1n) is 10.0. The largest absolute Gasteiger partial charge is 0.342 e. The summed E-state index contributed by atoms with van der Waals surface area (Å²) in [6, 6.07) is 24.4. The number of nitro benzene ring substituents is 1. The van der Waals surface area contributed by atoms with Crippen LogP contribution in [0.25, 0.3) is 33.6 Å². The van der Waals surface area contributed by atoms with Crippen LogP contribution in [0.3, 0.4) is 0 Å². The average molecular weight is 419 g/mol. The second kappa shape index (κ2) is 7.85. The smallest absolute Gasteiger partial charge is 0.269 e. The third-order valence-corrected chi connectivity index (χ3v) is 5.38. The number of allylic oxidation sites excluding steroid dienone is 1. The normalized spacial score (nSPS) is 11.7. The highest BCUT2D eigenvalue weighted by molar-refractivity contribution is 5.98. The van der Waals surface area contributed by atoms with Gasteiger partial charge in [-0.15, -0.1) is 0 Å². The summed E-state index contributed by atoms with van der Waals surface area (Å²) in [6.45, 7) is 0.554. The van der Waals surface area contributed by atoms with E-state index in [-0.39, 0.29) is 5.69 Å². The van der Waals surface area contributed by atoms with Crippen molar-refractivity contribution < 1.29 is 4.92 Å². The van der Waals surface area contributed by atoms with Crippen molar-refractivity contribution in [3.63, 3.8) is 0 Å². The number of nitro groups is 1.